The number of nitrogens with one attached hydrogen (secondary N) is 7. The van der Waals surface area contributed by atoms with E-state index in [1.165, 1.54) is 408 Å². The molecule has 14 nitrogen and oxygen atoms in total. The van der Waals surface area contributed by atoms with Crippen LogP contribution in [0.2, 0.25) is 0 Å². The maximum atomic E-state index is 4.53. The predicted octanol–water partition coefficient (Wildman–Crippen LogP) is 3.74. The molecule has 0 aromatic carbocycles. The highest BCUT2D eigenvalue weighted by molar-refractivity contribution is 9.09. The first kappa shape index (κ1) is 71.9. The van der Waals surface area contributed by atoms with Gasteiger partial charge < -0.3 is 34.3 Å². The van der Waals surface area contributed by atoms with Crippen LogP contribution in [0.3, 0.4) is 0 Å². The molecule has 0 radical (unpaired) electrons. The lowest BCUT2D eigenvalue weighted by atomic mass is 9.89. The molecular weight excluding hydrogens is 1240 g/mol. The normalized spacial score (nSPS) is 34.7. The number of quaternary nitrogens is 7. The summed E-state index contributed by atoms with van der Waals surface area (Å²) in [5.41, 5.74) is 0. The molecule has 7 aliphatic carbocycles. The van der Waals surface area contributed by atoms with Crippen LogP contribution in [0.15, 0.2) is 0 Å². The standard InChI is InChI=1S/C80H147BrN14/c1-3-67(82-44-45-83(59-82)68-18-4-5-19-68)36-37-77(91-52-48-86(62-91)71-24-10-11-25-71)40-38-75(89-50-46-84(60-89)69-20-6-7-21-69)34-32-66(2)33-35-76(90-51-47-85(61-90)70-22-8-9-23-70)39-41-78(92-53-49-87(63-92)72-26-12-13-27-72)42-43-79(94-55-54-88(64-94)73-28-14-15-29-73)58-80(81)95-57-56-93(65-95)74-30-16-17-31-74/h66-80H,3-65H2,1-2H3/p+7. The smallest absolute Gasteiger partial charge is 0.145 e. The van der Waals surface area contributed by atoms with E-state index < -0.39 is 0 Å². The van der Waals surface area contributed by atoms with Gasteiger partial charge in [0.1, 0.15) is 51.6 Å². The topological polar surface area (TPSA) is 53.8 Å². The van der Waals surface area contributed by atoms with Crippen LogP contribution >= 0.6 is 15.9 Å². The van der Waals surface area contributed by atoms with Crippen molar-refractivity contribution in [1.29, 1.82) is 0 Å². The highest BCUT2D eigenvalue weighted by atomic mass is 79.9. The summed E-state index contributed by atoms with van der Waals surface area (Å²) in [4.78, 5) is 35.5. The molecule has 15 atom stereocenters. The van der Waals surface area contributed by atoms with Crippen molar-refractivity contribution in [3.63, 3.8) is 0 Å². The van der Waals surface area contributed by atoms with E-state index in [0.717, 1.165) is 78.4 Å². The average molecular weight is 1390 g/mol. The molecule has 7 aliphatic heterocycles. The summed E-state index contributed by atoms with van der Waals surface area (Å²) in [6.07, 6.45) is 61.3. The Balaban J connectivity index is 0.649. The first-order valence-electron chi connectivity index (χ1n) is 43.5. The van der Waals surface area contributed by atoms with Crippen LogP contribution in [0.5, 0.6) is 0 Å². The SMILES string of the molecule is CCC(CCC(CCC(CCC(C)CCC(CCC(CCC(CC(Br)[NH+]1CCN(C2CCCC2)C1)N1CC[NH+](C2CCCC2)C1)[NH+]1CCN(C2CCCC2)C1)N1CC[NH+](C2CCCC2)C1)N1CC[NH+](C2CCCC2)C1)[NH+]1CCN(C2CCCC2)C1)N1CC[NH+](C2CCCC2)C1. The molecule has 15 heteroatoms. The molecule has 95 heavy (non-hydrogen) atoms. The van der Waals surface area contributed by atoms with Gasteiger partial charge in [-0.25, -0.2) is 34.3 Å². The highest BCUT2D eigenvalue weighted by Crippen LogP contribution is 2.31. The summed E-state index contributed by atoms with van der Waals surface area (Å²) in [6.45, 7) is 33.8. The maximum Gasteiger partial charge on any atom is 0.145 e. The second-order valence-corrected chi connectivity index (χ2v) is 37.7. The third-order valence-corrected chi connectivity index (χ3v) is 32.2. The molecule has 0 aromatic rings. The maximum absolute atomic E-state index is 4.53. The largest absolute Gasteiger partial charge is 0.319 e. The number of halogens is 1. The van der Waals surface area contributed by atoms with Crippen molar-refractivity contribution in [2.24, 2.45) is 5.92 Å². The number of alkyl halides is 1. The predicted molar refractivity (Wildman–Crippen MR) is 393 cm³/mol. The Hall–Kier alpha value is -0.0800. The summed E-state index contributed by atoms with van der Waals surface area (Å²) in [7, 11) is 0. The van der Waals surface area contributed by atoms with E-state index in [0.29, 0.717) is 11.0 Å². The van der Waals surface area contributed by atoms with E-state index in [1.807, 2.05) is 34.3 Å². The van der Waals surface area contributed by atoms with Crippen LogP contribution in [0.1, 0.15) is 284 Å². The van der Waals surface area contributed by atoms with Crippen molar-refractivity contribution < 1.29 is 34.3 Å². The van der Waals surface area contributed by atoms with E-state index in [-0.39, 0.29) is 0 Å². The fourth-order valence-corrected chi connectivity index (χ4v) is 25.6. The molecule has 0 spiro atoms. The molecule has 7 heterocycles. The molecule has 7 N–H and O–H groups in total. The van der Waals surface area contributed by atoms with Gasteiger partial charge in [0.05, 0.1) is 128 Å². The van der Waals surface area contributed by atoms with Crippen LogP contribution in [0.4, 0.5) is 0 Å². The highest BCUT2D eigenvalue weighted by Gasteiger charge is 2.45. The molecule has 0 aromatic heterocycles. The van der Waals surface area contributed by atoms with Gasteiger partial charge in [-0.15, -0.1) is 0 Å². The van der Waals surface area contributed by atoms with Gasteiger partial charge >= 0.3 is 0 Å². The van der Waals surface area contributed by atoms with Crippen LogP contribution in [-0.2, 0) is 0 Å². The lowest BCUT2D eigenvalue weighted by Gasteiger charge is -2.34. The average Bonchev–Trinajstić information content (AvgIpc) is 1.81. The van der Waals surface area contributed by atoms with Gasteiger partial charge in [-0.05, 0) is 221 Å². The molecular formula is C80H154BrN14+7. The minimum absolute atomic E-state index is 0.576. The van der Waals surface area contributed by atoms with E-state index >= 15 is 0 Å². The number of hydrogen-bond donors (Lipinski definition) is 7. The second-order valence-electron chi connectivity index (χ2n) is 36.6. The molecule has 0 bridgehead atoms. The Morgan fingerprint density at radius 2 is 0.589 bits per heavy atom. The minimum Gasteiger partial charge on any atom is -0.319 e. The van der Waals surface area contributed by atoms with Crippen LogP contribution < -0.4 is 34.3 Å². The van der Waals surface area contributed by atoms with E-state index in [1.54, 1.807) is 0 Å². The molecule has 14 rings (SSSR count). The van der Waals surface area contributed by atoms with Gasteiger partial charge in [0.2, 0.25) is 0 Å². The Labute approximate surface area is 592 Å². The van der Waals surface area contributed by atoms with Gasteiger partial charge in [-0.1, -0.05) is 52.4 Å². The summed E-state index contributed by atoms with van der Waals surface area (Å²) in [5, 5.41) is 0. The third kappa shape index (κ3) is 19.1. The van der Waals surface area contributed by atoms with Gasteiger partial charge in [0, 0.05) is 74.4 Å². The monoisotopic (exact) mass is 1390 g/mol. The zero-order valence-electron chi connectivity index (χ0n) is 62.2. The quantitative estimate of drug-likeness (QED) is 0.0387. The van der Waals surface area contributed by atoms with Crippen molar-refractivity contribution >= 4 is 15.9 Å². The minimum atomic E-state index is 0.576. The molecule has 14 fully saturated rings. The van der Waals surface area contributed by atoms with Crippen LogP contribution in [0, 0.1) is 5.92 Å². The molecule has 7 saturated carbocycles. The molecule has 544 valence electrons. The summed E-state index contributed by atoms with van der Waals surface area (Å²) in [5.74, 6) is 0.811. The fraction of sp³-hybridized carbons (Fsp3) is 1.00. The number of hydrogen-bond acceptors (Lipinski definition) is 7. The summed E-state index contributed by atoms with van der Waals surface area (Å²) in [6, 6.07) is 11.0. The molecule has 14 aliphatic rings. The number of nitrogens with zero attached hydrogens (tertiary/aromatic N) is 7. The summed E-state index contributed by atoms with van der Waals surface area (Å²) < 4.78 is 0. The fourth-order valence-electron chi connectivity index (χ4n) is 24.8. The molecule has 0 amide bonds. The first-order valence-corrected chi connectivity index (χ1v) is 44.5. The van der Waals surface area contributed by atoms with E-state index in [9.17, 15) is 0 Å². The Bertz CT molecular complexity index is 2190. The van der Waals surface area contributed by atoms with Gasteiger partial charge in [0.15, 0.2) is 0 Å². The first-order chi connectivity index (χ1) is 46.8. The van der Waals surface area contributed by atoms with Crippen molar-refractivity contribution in [1.82, 2.24) is 34.3 Å². The summed E-state index contributed by atoms with van der Waals surface area (Å²) >= 11 is 4.53. The zero-order chi connectivity index (χ0) is 64.3. The zero-order valence-corrected chi connectivity index (χ0v) is 63.8. The van der Waals surface area contributed by atoms with Crippen molar-refractivity contribution in [3.8, 4) is 0 Å². The van der Waals surface area contributed by atoms with E-state index in [4.69, 9.17) is 0 Å². The lowest BCUT2D eigenvalue weighted by Crippen LogP contribution is -3.15. The Kier molecular flexibility index (Phi) is 27.3. The van der Waals surface area contributed by atoms with Crippen LogP contribution in [-0.4, -0.2) is 256 Å². The van der Waals surface area contributed by atoms with Crippen molar-refractivity contribution in [3.05, 3.63) is 0 Å². The van der Waals surface area contributed by atoms with Gasteiger partial charge in [-0.2, -0.15) is 0 Å². The van der Waals surface area contributed by atoms with Gasteiger partial charge in [-0.3, -0.25) is 0 Å². The van der Waals surface area contributed by atoms with Gasteiger partial charge in [0.25, 0.3) is 0 Å². The molecule has 15 unspecified atom stereocenters. The van der Waals surface area contributed by atoms with Crippen LogP contribution in [0.25, 0.3) is 0 Å². The van der Waals surface area contributed by atoms with Crippen molar-refractivity contribution in [2.45, 2.75) is 367 Å². The van der Waals surface area contributed by atoms with E-state index in [2.05, 4.69) is 64.1 Å². The Morgan fingerprint density at radius 1 is 0.305 bits per heavy atom. The second kappa shape index (κ2) is 36.1. The third-order valence-electron chi connectivity index (χ3n) is 31.1. The molecule has 7 saturated heterocycles. The Morgan fingerprint density at radius 3 is 0.947 bits per heavy atom. The lowest BCUT2D eigenvalue weighted by molar-refractivity contribution is -0.919. The van der Waals surface area contributed by atoms with Crippen molar-refractivity contribution in [2.75, 3.05) is 138 Å². The number of rotatable bonds is 35.